The van der Waals surface area contributed by atoms with Crippen molar-refractivity contribution in [2.75, 3.05) is 13.2 Å². The number of benzene rings is 1. The summed E-state index contributed by atoms with van der Waals surface area (Å²) in [6, 6.07) is 6.15. The second kappa shape index (κ2) is 8.64. The van der Waals surface area contributed by atoms with E-state index in [9.17, 15) is 9.90 Å². The molecule has 21 heavy (non-hydrogen) atoms. The van der Waals surface area contributed by atoms with Crippen LogP contribution in [0.25, 0.3) is 0 Å². The first-order chi connectivity index (χ1) is 10.0. The molecule has 1 amide bonds. The molecule has 0 saturated carbocycles. The third-order valence-electron chi connectivity index (χ3n) is 3.72. The Balaban J connectivity index is 2.75. The molecule has 4 N–H and O–H groups in total. The lowest BCUT2D eigenvalue weighted by Crippen LogP contribution is -2.50. The zero-order valence-electron chi connectivity index (χ0n) is 12.8. The molecule has 0 aliphatic heterocycles. The number of aromatic hydroxyl groups is 1. The van der Waals surface area contributed by atoms with Crippen LogP contribution in [-0.2, 0) is 11.2 Å². The second-order valence-corrected chi connectivity index (χ2v) is 5.20. The van der Waals surface area contributed by atoms with E-state index in [2.05, 4.69) is 0 Å². The van der Waals surface area contributed by atoms with Gasteiger partial charge in [-0.2, -0.15) is 0 Å². The Bertz CT molecular complexity index is 430. The minimum absolute atomic E-state index is 0.0613. The van der Waals surface area contributed by atoms with Crippen molar-refractivity contribution in [1.29, 1.82) is 0 Å². The number of nitrogens with two attached hydrogens (primary N) is 1. The fraction of sp³-hybridized carbons (Fsp3) is 0.562. The predicted octanol–water partition coefficient (Wildman–Crippen LogP) is 1.27. The van der Waals surface area contributed by atoms with E-state index in [0.717, 1.165) is 18.4 Å². The van der Waals surface area contributed by atoms with E-state index < -0.39 is 6.04 Å². The molecular weight excluding hydrogens is 268 g/mol. The van der Waals surface area contributed by atoms with Crippen LogP contribution in [0.5, 0.6) is 5.75 Å². The van der Waals surface area contributed by atoms with Crippen molar-refractivity contribution in [2.45, 2.75) is 45.2 Å². The van der Waals surface area contributed by atoms with Gasteiger partial charge in [-0.3, -0.25) is 4.79 Å². The van der Waals surface area contributed by atoms with Gasteiger partial charge in [0, 0.05) is 12.6 Å². The van der Waals surface area contributed by atoms with Crippen molar-refractivity contribution in [2.24, 2.45) is 5.73 Å². The quantitative estimate of drug-likeness (QED) is 0.674. The van der Waals surface area contributed by atoms with Crippen LogP contribution in [0, 0.1) is 0 Å². The van der Waals surface area contributed by atoms with E-state index in [1.807, 2.05) is 13.8 Å². The number of phenols is 1. The smallest absolute Gasteiger partial charge is 0.240 e. The van der Waals surface area contributed by atoms with Gasteiger partial charge in [-0.25, -0.2) is 0 Å². The molecule has 118 valence electrons. The number of hydrogen-bond acceptors (Lipinski definition) is 4. The lowest BCUT2D eigenvalue weighted by molar-refractivity contribution is -0.135. The first-order valence-corrected chi connectivity index (χ1v) is 7.48. The molecule has 0 aliphatic carbocycles. The second-order valence-electron chi connectivity index (χ2n) is 5.20. The summed E-state index contributed by atoms with van der Waals surface area (Å²) >= 11 is 0. The van der Waals surface area contributed by atoms with E-state index in [1.54, 1.807) is 29.2 Å². The van der Waals surface area contributed by atoms with Crippen LogP contribution in [0.4, 0.5) is 0 Å². The Morgan fingerprint density at radius 3 is 2.29 bits per heavy atom. The highest BCUT2D eigenvalue weighted by atomic mass is 16.3. The fourth-order valence-electron chi connectivity index (χ4n) is 2.50. The molecule has 0 saturated heterocycles. The minimum Gasteiger partial charge on any atom is -0.508 e. The van der Waals surface area contributed by atoms with Gasteiger partial charge in [0.1, 0.15) is 5.75 Å². The normalized spacial score (nSPS) is 12.4. The first kappa shape index (κ1) is 17.5. The van der Waals surface area contributed by atoms with Gasteiger partial charge in [-0.15, -0.1) is 0 Å². The van der Waals surface area contributed by atoms with Crippen molar-refractivity contribution in [3.63, 3.8) is 0 Å². The van der Waals surface area contributed by atoms with Gasteiger partial charge in [0.25, 0.3) is 0 Å². The third-order valence-corrected chi connectivity index (χ3v) is 3.72. The van der Waals surface area contributed by atoms with E-state index in [1.165, 1.54) is 0 Å². The van der Waals surface area contributed by atoms with Crippen molar-refractivity contribution in [3.8, 4) is 5.75 Å². The average Bonchev–Trinajstić information content (AvgIpc) is 2.49. The van der Waals surface area contributed by atoms with Crippen LogP contribution in [0.15, 0.2) is 24.3 Å². The molecule has 5 heteroatoms. The Morgan fingerprint density at radius 2 is 1.81 bits per heavy atom. The number of carbonyl (C=O) groups excluding carboxylic acids is 1. The number of amides is 1. The number of nitrogens with zero attached hydrogens (tertiary/aromatic N) is 1. The number of carbonyl (C=O) groups is 1. The van der Waals surface area contributed by atoms with E-state index in [4.69, 9.17) is 10.8 Å². The lowest BCUT2D eigenvalue weighted by Gasteiger charge is -2.32. The van der Waals surface area contributed by atoms with Crippen LogP contribution in [-0.4, -0.2) is 46.3 Å². The van der Waals surface area contributed by atoms with Crippen LogP contribution in [0.2, 0.25) is 0 Å². The van der Waals surface area contributed by atoms with E-state index in [0.29, 0.717) is 13.0 Å². The monoisotopic (exact) mass is 294 g/mol. The molecule has 1 aromatic rings. The Hall–Kier alpha value is -1.59. The van der Waals surface area contributed by atoms with Gasteiger partial charge in [0.05, 0.1) is 12.6 Å². The number of phenolic OH excluding ortho intramolecular Hbond substituents is 1. The number of rotatable bonds is 8. The average molecular weight is 294 g/mol. The highest BCUT2D eigenvalue weighted by Crippen LogP contribution is 2.14. The molecule has 1 aromatic carbocycles. The van der Waals surface area contributed by atoms with Gasteiger partial charge in [-0.1, -0.05) is 26.0 Å². The summed E-state index contributed by atoms with van der Waals surface area (Å²) in [5.41, 5.74) is 6.94. The fourth-order valence-corrected chi connectivity index (χ4v) is 2.50. The Kier molecular flexibility index (Phi) is 7.19. The maximum atomic E-state index is 12.5. The number of hydrogen-bond donors (Lipinski definition) is 3. The van der Waals surface area contributed by atoms with Gasteiger partial charge < -0.3 is 20.8 Å². The molecule has 1 rings (SSSR count). The van der Waals surface area contributed by atoms with Crippen LogP contribution < -0.4 is 5.73 Å². The SMILES string of the molecule is CCC(CC)N(CCO)C(=O)C(N)Cc1ccc(O)cc1. The molecule has 0 aromatic heterocycles. The standard InChI is InChI=1S/C16H26N2O3/c1-3-13(4-2)18(9-10-19)16(21)15(17)11-12-5-7-14(20)8-6-12/h5-8,13,15,19-20H,3-4,9-11,17H2,1-2H3. The molecule has 0 heterocycles. The van der Waals surface area contributed by atoms with Gasteiger partial charge in [0.2, 0.25) is 5.91 Å². The topological polar surface area (TPSA) is 86.8 Å². The summed E-state index contributed by atoms with van der Waals surface area (Å²) in [6.45, 7) is 4.30. The number of aliphatic hydroxyl groups is 1. The largest absolute Gasteiger partial charge is 0.508 e. The molecule has 0 radical (unpaired) electrons. The molecule has 0 fully saturated rings. The molecule has 0 spiro atoms. The molecule has 5 nitrogen and oxygen atoms in total. The lowest BCUT2D eigenvalue weighted by atomic mass is 10.0. The number of aliphatic hydroxyl groups excluding tert-OH is 1. The molecule has 1 unspecified atom stereocenters. The van der Waals surface area contributed by atoms with Gasteiger partial charge in [0.15, 0.2) is 0 Å². The maximum absolute atomic E-state index is 12.5. The highest BCUT2D eigenvalue weighted by molar-refractivity contribution is 5.82. The Labute approximate surface area is 126 Å². The minimum atomic E-state index is -0.637. The Morgan fingerprint density at radius 1 is 1.24 bits per heavy atom. The summed E-state index contributed by atoms with van der Waals surface area (Å²) in [7, 11) is 0. The van der Waals surface area contributed by atoms with E-state index in [-0.39, 0.29) is 24.3 Å². The van der Waals surface area contributed by atoms with Crippen molar-refractivity contribution in [3.05, 3.63) is 29.8 Å². The van der Waals surface area contributed by atoms with Crippen LogP contribution in [0.3, 0.4) is 0 Å². The summed E-state index contributed by atoms with van der Waals surface area (Å²) in [5.74, 6) is 0.0587. The van der Waals surface area contributed by atoms with Crippen molar-refractivity contribution in [1.82, 2.24) is 4.90 Å². The van der Waals surface area contributed by atoms with E-state index >= 15 is 0 Å². The summed E-state index contributed by atoms with van der Waals surface area (Å²) < 4.78 is 0. The molecule has 1 atom stereocenters. The first-order valence-electron chi connectivity index (χ1n) is 7.48. The zero-order valence-corrected chi connectivity index (χ0v) is 12.8. The maximum Gasteiger partial charge on any atom is 0.240 e. The third kappa shape index (κ3) is 5.02. The summed E-state index contributed by atoms with van der Waals surface area (Å²) in [6.07, 6.45) is 2.10. The molecular formula is C16H26N2O3. The summed E-state index contributed by atoms with van der Waals surface area (Å²) in [4.78, 5) is 14.2. The zero-order chi connectivity index (χ0) is 15.8. The highest BCUT2D eigenvalue weighted by Gasteiger charge is 2.25. The van der Waals surface area contributed by atoms with Gasteiger partial charge in [-0.05, 0) is 37.0 Å². The van der Waals surface area contributed by atoms with Crippen molar-refractivity contribution >= 4 is 5.91 Å². The predicted molar refractivity (Wildman–Crippen MR) is 83.0 cm³/mol. The molecule has 0 bridgehead atoms. The summed E-state index contributed by atoms with van der Waals surface area (Å²) in [5, 5.41) is 18.4. The van der Waals surface area contributed by atoms with Crippen LogP contribution in [0.1, 0.15) is 32.3 Å². The van der Waals surface area contributed by atoms with Gasteiger partial charge >= 0.3 is 0 Å². The van der Waals surface area contributed by atoms with Crippen LogP contribution >= 0.6 is 0 Å². The van der Waals surface area contributed by atoms with Crippen molar-refractivity contribution < 1.29 is 15.0 Å². The molecule has 0 aliphatic rings.